The molecule has 1 heterocycles. The second-order valence-corrected chi connectivity index (χ2v) is 5.63. The van der Waals surface area contributed by atoms with Crippen molar-refractivity contribution in [3.63, 3.8) is 0 Å². The molecule has 1 rings (SSSR count). The quantitative estimate of drug-likeness (QED) is 0.852. The van der Waals surface area contributed by atoms with E-state index >= 15 is 0 Å². The number of alkyl halides is 3. The summed E-state index contributed by atoms with van der Waals surface area (Å²) in [6.45, 7) is 0. The minimum Gasteiger partial charge on any atom is -0.282 e. The molecule has 0 spiro atoms. The molecule has 0 unspecified atom stereocenters. The first-order chi connectivity index (χ1) is 7.09. The van der Waals surface area contributed by atoms with Crippen LogP contribution in [0.25, 0.3) is 5.57 Å². The molecule has 0 radical (unpaired) electrons. The van der Waals surface area contributed by atoms with E-state index in [2.05, 4.69) is 0 Å². The maximum absolute atomic E-state index is 12.5. The SMILES string of the molecule is O=S(=O)(O)/C=C(\c1ccc(Cl)s1)C(F)(F)F. The van der Waals surface area contributed by atoms with Gasteiger partial charge in [0.25, 0.3) is 10.1 Å². The number of hydrogen-bond acceptors (Lipinski definition) is 3. The highest BCUT2D eigenvalue weighted by molar-refractivity contribution is 7.89. The van der Waals surface area contributed by atoms with Crippen molar-refractivity contribution in [2.45, 2.75) is 6.18 Å². The van der Waals surface area contributed by atoms with Crippen molar-refractivity contribution in [1.82, 2.24) is 0 Å². The van der Waals surface area contributed by atoms with Gasteiger partial charge in [-0.15, -0.1) is 11.3 Å². The zero-order valence-corrected chi connectivity index (χ0v) is 9.71. The van der Waals surface area contributed by atoms with Crippen LogP contribution in [0.3, 0.4) is 0 Å². The van der Waals surface area contributed by atoms with Crippen LogP contribution < -0.4 is 0 Å². The van der Waals surface area contributed by atoms with Crippen molar-refractivity contribution in [1.29, 1.82) is 0 Å². The van der Waals surface area contributed by atoms with Crippen molar-refractivity contribution in [2.24, 2.45) is 0 Å². The van der Waals surface area contributed by atoms with Gasteiger partial charge in [0.2, 0.25) is 0 Å². The molecule has 0 aliphatic carbocycles. The highest BCUT2D eigenvalue weighted by Gasteiger charge is 2.37. The first kappa shape index (κ1) is 13.5. The van der Waals surface area contributed by atoms with Gasteiger partial charge in [-0.1, -0.05) is 11.6 Å². The Morgan fingerprint density at radius 3 is 2.31 bits per heavy atom. The smallest absolute Gasteiger partial charge is 0.282 e. The molecule has 90 valence electrons. The van der Waals surface area contributed by atoms with E-state index in [1.807, 2.05) is 0 Å². The van der Waals surface area contributed by atoms with Gasteiger partial charge in [-0.05, 0) is 12.1 Å². The average Bonchev–Trinajstić information content (AvgIpc) is 2.43. The van der Waals surface area contributed by atoms with Crippen molar-refractivity contribution < 1.29 is 26.1 Å². The molecule has 9 heteroatoms. The molecule has 1 N–H and O–H groups in total. The lowest BCUT2D eigenvalue weighted by Crippen LogP contribution is -2.11. The van der Waals surface area contributed by atoms with Crippen LogP contribution in [-0.2, 0) is 10.1 Å². The van der Waals surface area contributed by atoms with Crippen LogP contribution in [0.1, 0.15) is 4.88 Å². The van der Waals surface area contributed by atoms with Crippen LogP contribution in [-0.4, -0.2) is 19.1 Å². The highest BCUT2D eigenvalue weighted by Crippen LogP contribution is 2.38. The van der Waals surface area contributed by atoms with Crippen LogP contribution in [0, 0.1) is 0 Å². The summed E-state index contributed by atoms with van der Waals surface area (Å²) >= 11 is 6.00. The Balaban J connectivity index is 3.34. The summed E-state index contributed by atoms with van der Waals surface area (Å²) in [5.41, 5.74) is -1.45. The van der Waals surface area contributed by atoms with Gasteiger partial charge in [0.15, 0.2) is 0 Å². The van der Waals surface area contributed by atoms with Gasteiger partial charge in [0.1, 0.15) is 0 Å². The Morgan fingerprint density at radius 1 is 1.44 bits per heavy atom. The molecule has 0 aliphatic heterocycles. The Hall–Kier alpha value is -0.570. The van der Waals surface area contributed by atoms with Crippen LogP contribution in [0.2, 0.25) is 4.34 Å². The molecule has 0 aromatic carbocycles. The fourth-order valence-corrected chi connectivity index (χ4v) is 2.58. The zero-order valence-electron chi connectivity index (χ0n) is 7.32. The van der Waals surface area contributed by atoms with E-state index in [4.69, 9.17) is 16.2 Å². The Kier molecular flexibility index (Phi) is 3.68. The van der Waals surface area contributed by atoms with Gasteiger partial charge >= 0.3 is 6.18 Å². The second-order valence-electron chi connectivity index (χ2n) is 2.65. The fourth-order valence-electron chi connectivity index (χ4n) is 0.873. The molecule has 0 saturated heterocycles. The van der Waals surface area contributed by atoms with E-state index in [0.29, 0.717) is 11.3 Å². The lowest BCUT2D eigenvalue weighted by molar-refractivity contribution is -0.0686. The number of hydrogen-bond donors (Lipinski definition) is 1. The number of halogens is 4. The summed E-state index contributed by atoms with van der Waals surface area (Å²) < 4.78 is 66.7. The van der Waals surface area contributed by atoms with Crippen LogP contribution in [0.4, 0.5) is 13.2 Å². The fraction of sp³-hybridized carbons (Fsp3) is 0.143. The van der Waals surface area contributed by atoms with Gasteiger partial charge in [0.05, 0.1) is 15.3 Å². The monoisotopic (exact) mass is 292 g/mol. The summed E-state index contributed by atoms with van der Waals surface area (Å²) in [5, 5.41) is -0.241. The molecule has 0 atom stereocenters. The van der Waals surface area contributed by atoms with Crippen molar-refractivity contribution in [2.75, 3.05) is 0 Å². The lowest BCUT2D eigenvalue weighted by Gasteiger charge is -2.08. The van der Waals surface area contributed by atoms with E-state index in [1.54, 1.807) is 0 Å². The van der Waals surface area contributed by atoms with Crippen LogP contribution >= 0.6 is 22.9 Å². The topological polar surface area (TPSA) is 54.4 Å². The molecule has 0 aliphatic rings. The molecule has 0 bridgehead atoms. The van der Waals surface area contributed by atoms with Crippen LogP contribution in [0.15, 0.2) is 17.5 Å². The highest BCUT2D eigenvalue weighted by atomic mass is 35.5. The maximum atomic E-state index is 12.5. The molecule has 1 aromatic rings. The number of thiophene rings is 1. The predicted octanol–water partition coefficient (Wildman–Crippen LogP) is 3.19. The maximum Gasteiger partial charge on any atom is 0.418 e. The normalized spacial score (nSPS) is 14.2. The Bertz CT molecular complexity index is 515. The van der Waals surface area contributed by atoms with Gasteiger partial charge in [0, 0.05) is 4.88 Å². The van der Waals surface area contributed by atoms with Gasteiger partial charge in [-0.25, -0.2) is 0 Å². The molecule has 0 amide bonds. The predicted molar refractivity (Wildman–Crippen MR) is 54.9 cm³/mol. The Labute approximate surface area is 97.9 Å². The first-order valence-electron chi connectivity index (χ1n) is 3.62. The van der Waals surface area contributed by atoms with Gasteiger partial charge < -0.3 is 0 Å². The second kappa shape index (κ2) is 4.36. The molecular weight excluding hydrogens is 289 g/mol. The zero-order chi connectivity index (χ0) is 12.6. The van der Waals surface area contributed by atoms with Crippen molar-refractivity contribution >= 4 is 38.6 Å². The summed E-state index contributed by atoms with van der Waals surface area (Å²) in [7, 11) is -4.86. The average molecular weight is 293 g/mol. The largest absolute Gasteiger partial charge is 0.418 e. The molecule has 0 saturated carbocycles. The molecule has 0 fully saturated rings. The lowest BCUT2D eigenvalue weighted by atomic mass is 10.2. The minimum absolute atomic E-state index is 0.0838. The molecule has 16 heavy (non-hydrogen) atoms. The number of rotatable bonds is 2. The third-order valence-corrected chi connectivity index (χ3v) is 3.21. The van der Waals surface area contributed by atoms with Crippen LogP contribution in [0.5, 0.6) is 0 Å². The van der Waals surface area contributed by atoms with E-state index < -0.39 is 21.9 Å². The molecule has 3 nitrogen and oxygen atoms in total. The summed E-state index contributed by atoms with van der Waals surface area (Å²) in [5.74, 6) is 0. The Morgan fingerprint density at radius 2 is 2.00 bits per heavy atom. The van der Waals surface area contributed by atoms with Crippen molar-refractivity contribution in [3.8, 4) is 0 Å². The third-order valence-electron chi connectivity index (χ3n) is 1.41. The number of allylic oxidation sites excluding steroid dienone is 1. The van der Waals surface area contributed by atoms with Gasteiger partial charge in [-0.2, -0.15) is 21.6 Å². The van der Waals surface area contributed by atoms with E-state index in [1.165, 1.54) is 6.07 Å². The molecule has 1 aromatic heterocycles. The van der Waals surface area contributed by atoms with E-state index in [-0.39, 0.29) is 14.6 Å². The summed E-state index contributed by atoms with van der Waals surface area (Å²) in [6, 6.07) is 2.22. The standard InChI is InChI=1S/C7H4ClF3O3S2/c8-6-2-1-5(15-6)4(7(9,10)11)3-16(12,13)14/h1-3H,(H,12,13,14)/b4-3+. The van der Waals surface area contributed by atoms with E-state index in [0.717, 1.165) is 6.07 Å². The van der Waals surface area contributed by atoms with Gasteiger partial charge in [-0.3, -0.25) is 4.55 Å². The third kappa shape index (κ3) is 3.78. The van der Waals surface area contributed by atoms with Crippen molar-refractivity contribution in [3.05, 3.63) is 26.8 Å². The first-order valence-corrected chi connectivity index (χ1v) is 6.31. The van der Waals surface area contributed by atoms with E-state index in [9.17, 15) is 21.6 Å². The minimum atomic E-state index is -4.88. The summed E-state index contributed by atoms with van der Waals surface area (Å²) in [4.78, 5) is -0.380. The summed E-state index contributed by atoms with van der Waals surface area (Å²) in [6.07, 6.45) is -4.88. The molecular formula is C7H4ClF3O3S2.